The van der Waals surface area contributed by atoms with Crippen molar-refractivity contribution in [1.82, 2.24) is 14.5 Å². The SMILES string of the molecule is CC(C)n1c(SCC(=O)Nc2cccc(C(=O)N(C)C)c2)nc2ccccc2c1=O. The van der Waals surface area contributed by atoms with Crippen molar-refractivity contribution in [2.75, 3.05) is 25.2 Å². The van der Waals surface area contributed by atoms with E-state index in [0.717, 1.165) is 0 Å². The quantitative estimate of drug-likeness (QED) is 0.484. The van der Waals surface area contributed by atoms with Crippen molar-refractivity contribution in [1.29, 1.82) is 0 Å². The molecule has 1 aromatic heterocycles. The van der Waals surface area contributed by atoms with E-state index >= 15 is 0 Å². The lowest BCUT2D eigenvalue weighted by atomic mass is 10.2. The van der Waals surface area contributed by atoms with Gasteiger partial charge in [0.25, 0.3) is 11.5 Å². The van der Waals surface area contributed by atoms with E-state index in [1.54, 1.807) is 55.1 Å². The van der Waals surface area contributed by atoms with Gasteiger partial charge >= 0.3 is 0 Å². The van der Waals surface area contributed by atoms with Gasteiger partial charge in [-0.1, -0.05) is 30.0 Å². The van der Waals surface area contributed by atoms with E-state index in [4.69, 9.17) is 0 Å². The van der Waals surface area contributed by atoms with Crippen LogP contribution in [0.1, 0.15) is 30.2 Å². The first-order chi connectivity index (χ1) is 14.3. The van der Waals surface area contributed by atoms with Crippen LogP contribution in [0.25, 0.3) is 10.9 Å². The molecular formula is C22H24N4O3S. The molecule has 0 saturated carbocycles. The zero-order chi connectivity index (χ0) is 21.8. The van der Waals surface area contributed by atoms with Gasteiger partial charge in [0.1, 0.15) is 0 Å². The number of rotatable bonds is 6. The Balaban J connectivity index is 1.77. The number of amides is 2. The fourth-order valence-electron chi connectivity index (χ4n) is 3.00. The van der Waals surface area contributed by atoms with Gasteiger partial charge in [0.05, 0.1) is 16.7 Å². The predicted octanol–water partition coefficient (Wildman–Crippen LogP) is 3.41. The summed E-state index contributed by atoms with van der Waals surface area (Å²) in [6, 6.07) is 13.9. The Bertz CT molecular complexity index is 1150. The van der Waals surface area contributed by atoms with Gasteiger partial charge in [-0.15, -0.1) is 0 Å². The fourth-order valence-corrected chi connectivity index (χ4v) is 3.93. The lowest BCUT2D eigenvalue weighted by Gasteiger charge is -2.16. The molecule has 0 unspecified atom stereocenters. The number of carbonyl (C=O) groups excluding carboxylic acids is 2. The molecule has 0 saturated heterocycles. The molecule has 8 heteroatoms. The van der Waals surface area contributed by atoms with Crippen molar-refractivity contribution >= 4 is 40.2 Å². The van der Waals surface area contributed by atoms with Crippen molar-refractivity contribution < 1.29 is 9.59 Å². The second-order valence-corrected chi connectivity index (χ2v) is 8.24. The summed E-state index contributed by atoms with van der Waals surface area (Å²) in [5, 5.41) is 3.86. The molecule has 3 aromatic rings. The summed E-state index contributed by atoms with van der Waals surface area (Å²) in [7, 11) is 3.35. The highest BCUT2D eigenvalue weighted by atomic mass is 32.2. The van der Waals surface area contributed by atoms with Crippen molar-refractivity contribution in [3.05, 3.63) is 64.4 Å². The van der Waals surface area contributed by atoms with Gasteiger partial charge in [0, 0.05) is 31.4 Å². The van der Waals surface area contributed by atoms with Crippen molar-refractivity contribution in [3.63, 3.8) is 0 Å². The average molecular weight is 425 g/mol. The van der Waals surface area contributed by atoms with Crippen LogP contribution >= 0.6 is 11.8 Å². The smallest absolute Gasteiger partial charge is 0.262 e. The van der Waals surface area contributed by atoms with Gasteiger partial charge in [-0.25, -0.2) is 4.98 Å². The van der Waals surface area contributed by atoms with E-state index in [2.05, 4.69) is 10.3 Å². The number of benzene rings is 2. The predicted molar refractivity (Wildman–Crippen MR) is 120 cm³/mol. The number of fused-ring (bicyclic) bond motifs is 1. The summed E-state index contributed by atoms with van der Waals surface area (Å²) in [5.41, 5.74) is 1.53. The van der Waals surface area contributed by atoms with E-state index in [0.29, 0.717) is 27.3 Å². The number of thioether (sulfide) groups is 1. The first kappa shape index (κ1) is 21.6. The van der Waals surface area contributed by atoms with Crippen molar-refractivity contribution in [2.45, 2.75) is 25.0 Å². The number of aromatic nitrogens is 2. The van der Waals surface area contributed by atoms with E-state index < -0.39 is 0 Å². The first-order valence-electron chi connectivity index (χ1n) is 9.53. The van der Waals surface area contributed by atoms with Gasteiger partial charge < -0.3 is 10.2 Å². The van der Waals surface area contributed by atoms with Crippen LogP contribution in [0.15, 0.2) is 58.5 Å². The summed E-state index contributed by atoms with van der Waals surface area (Å²) in [4.78, 5) is 43.5. The highest BCUT2D eigenvalue weighted by Gasteiger charge is 2.16. The molecule has 0 aliphatic heterocycles. The number of hydrogen-bond donors (Lipinski definition) is 1. The second-order valence-electron chi connectivity index (χ2n) is 7.30. The third-order valence-corrected chi connectivity index (χ3v) is 5.38. The van der Waals surface area contributed by atoms with E-state index in [9.17, 15) is 14.4 Å². The van der Waals surface area contributed by atoms with Gasteiger partial charge in [-0.2, -0.15) is 0 Å². The van der Waals surface area contributed by atoms with Crippen LogP contribution in [0, 0.1) is 0 Å². The summed E-state index contributed by atoms with van der Waals surface area (Å²) in [6.45, 7) is 3.82. The van der Waals surface area contributed by atoms with Crippen LogP contribution in [0.2, 0.25) is 0 Å². The number of hydrogen-bond acceptors (Lipinski definition) is 5. The molecule has 0 aliphatic carbocycles. The Kier molecular flexibility index (Phi) is 6.56. The first-order valence-corrected chi connectivity index (χ1v) is 10.5. The monoisotopic (exact) mass is 424 g/mol. The number of nitrogens with zero attached hydrogens (tertiary/aromatic N) is 3. The Morgan fingerprint density at radius 3 is 2.57 bits per heavy atom. The Morgan fingerprint density at radius 1 is 1.13 bits per heavy atom. The minimum Gasteiger partial charge on any atom is -0.345 e. The molecule has 0 atom stereocenters. The molecule has 3 rings (SSSR count). The molecule has 30 heavy (non-hydrogen) atoms. The lowest BCUT2D eigenvalue weighted by Crippen LogP contribution is -2.25. The molecule has 0 aliphatic rings. The zero-order valence-corrected chi connectivity index (χ0v) is 18.2. The second kappa shape index (κ2) is 9.13. The molecule has 2 amide bonds. The number of carbonyl (C=O) groups is 2. The Labute approximate surface area is 179 Å². The standard InChI is InChI=1S/C22H24N4O3S/c1-14(2)26-21(29)17-10-5-6-11-18(17)24-22(26)30-13-19(27)23-16-9-7-8-15(12-16)20(28)25(3)4/h5-12,14H,13H2,1-4H3,(H,23,27). The summed E-state index contributed by atoms with van der Waals surface area (Å²) < 4.78 is 1.61. The van der Waals surface area contributed by atoms with Crippen LogP contribution in [0.4, 0.5) is 5.69 Å². The maximum atomic E-state index is 12.9. The average Bonchev–Trinajstić information content (AvgIpc) is 2.71. The molecule has 0 radical (unpaired) electrons. The minimum absolute atomic E-state index is 0.0867. The number of para-hydroxylation sites is 1. The van der Waals surface area contributed by atoms with E-state index in [1.807, 2.05) is 26.0 Å². The molecule has 1 heterocycles. The largest absolute Gasteiger partial charge is 0.345 e. The van der Waals surface area contributed by atoms with Crippen LogP contribution in [-0.2, 0) is 4.79 Å². The third kappa shape index (κ3) is 4.71. The highest BCUT2D eigenvalue weighted by Crippen LogP contribution is 2.21. The van der Waals surface area contributed by atoms with E-state index in [-0.39, 0.29) is 29.2 Å². The van der Waals surface area contributed by atoms with Crippen molar-refractivity contribution in [2.24, 2.45) is 0 Å². The van der Waals surface area contributed by atoms with Gasteiger partial charge in [0.15, 0.2) is 5.16 Å². The van der Waals surface area contributed by atoms with E-state index in [1.165, 1.54) is 16.7 Å². The molecule has 7 nitrogen and oxygen atoms in total. The number of nitrogens with one attached hydrogen (secondary N) is 1. The summed E-state index contributed by atoms with van der Waals surface area (Å²) >= 11 is 1.21. The molecule has 0 fully saturated rings. The maximum Gasteiger partial charge on any atom is 0.262 e. The lowest BCUT2D eigenvalue weighted by molar-refractivity contribution is -0.113. The fraction of sp³-hybridized carbons (Fsp3) is 0.273. The maximum absolute atomic E-state index is 12.9. The highest BCUT2D eigenvalue weighted by molar-refractivity contribution is 7.99. The molecule has 2 aromatic carbocycles. The molecule has 0 spiro atoms. The Morgan fingerprint density at radius 2 is 1.87 bits per heavy atom. The summed E-state index contributed by atoms with van der Waals surface area (Å²) in [5.74, 6) is -0.294. The summed E-state index contributed by atoms with van der Waals surface area (Å²) in [6.07, 6.45) is 0. The van der Waals surface area contributed by atoms with Crippen LogP contribution in [0.3, 0.4) is 0 Å². The molecular weight excluding hydrogens is 400 g/mol. The van der Waals surface area contributed by atoms with Crippen LogP contribution in [-0.4, -0.2) is 46.1 Å². The van der Waals surface area contributed by atoms with Gasteiger partial charge in [-0.05, 0) is 44.2 Å². The molecule has 1 N–H and O–H groups in total. The van der Waals surface area contributed by atoms with Crippen LogP contribution < -0.4 is 10.9 Å². The molecule has 156 valence electrons. The minimum atomic E-state index is -0.243. The van der Waals surface area contributed by atoms with Crippen LogP contribution in [0.5, 0.6) is 0 Å². The Hall–Kier alpha value is -3.13. The van der Waals surface area contributed by atoms with Crippen molar-refractivity contribution in [3.8, 4) is 0 Å². The topological polar surface area (TPSA) is 84.3 Å². The third-order valence-electron chi connectivity index (χ3n) is 4.42. The zero-order valence-electron chi connectivity index (χ0n) is 17.4. The number of anilines is 1. The normalized spacial score (nSPS) is 11.0. The van der Waals surface area contributed by atoms with Gasteiger partial charge in [-0.3, -0.25) is 19.0 Å². The molecule has 0 bridgehead atoms. The van der Waals surface area contributed by atoms with Gasteiger partial charge in [0.2, 0.25) is 5.91 Å².